The van der Waals surface area contributed by atoms with E-state index in [1.165, 1.54) is 12.7 Å². The first-order chi connectivity index (χ1) is 23.1. The van der Waals surface area contributed by atoms with Crippen molar-refractivity contribution in [3.8, 4) is 11.4 Å². The number of aliphatic hydroxyl groups is 2. The number of carbonyl (C=O) groups excluding carboxylic acids is 1. The molecule has 7 heterocycles. The average Bonchev–Trinajstić information content (AvgIpc) is 3.73. The van der Waals surface area contributed by atoms with Gasteiger partial charge in [-0.3, -0.25) is 18.4 Å². The fraction of sp³-hybridized carbons (Fsp3) is 0.387. The van der Waals surface area contributed by atoms with E-state index in [2.05, 4.69) is 15.3 Å². The van der Waals surface area contributed by atoms with Crippen LogP contribution in [0.1, 0.15) is 54.5 Å². The number of pyridine rings is 2. The van der Waals surface area contributed by atoms with E-state index >= 15 is 0 Å². The van der Waals surface area contributed by atoms with E-state index in [-0.39, 0.29) is 43.7 Å². The van der Waals surface area contributed by atoms with Crippen LogP contribution >= 0.6 is 7.82 Å². The summed E-state index contributed by atoms with van der Waals surface area (Å²) in [6, 6.07) is 11.1. The molecule has 17 heteroatoms. The van der Waals surface area contributed by atoms with Crippen molar-refractivity contribution in [2.45, 2.75) is 63.1 Å². The zero-order valence-corrected chi connectivity index (χ0v) is 26.4. The fourth-order valence-electron chi connectivity index (χ4n) is 6.81. The molecule has 6 atom stereocenters. The number of fused-ring (bicyclic) bond motifs is 6. The number of aromatic nitrogens is 4. The highest BCUT2D eigenvalue weighted by atomic mass is 31.2. The maximum Gasteiger partial charge on any atom is 0.473 e. The van der Waals surface area contributed by atoms with Gasteiger partial charge in [0.1, 0.15) is 30.7 Å². The quantitative estimate of drug-likeness (QED) is 0.144. The molecule has 4 aliphatic heterocycles. The Kier molecular flexibility index (Phi) is 7.37. The Morgan fingerprint density at radius 3 is 2.88 bits per heavy atom. The van der Waals surface area contributed by atoms with Crippen molar-refractivity contribution in [1.82, 2.24) is 24.4 Å². The molecule has 1 saturated heterocycles. The molecule has 0 spiro atoms. The number of esters is 1. The molecule has 0 bridgehead atoms. The predicted octanol–water partition coefficient (Wildman–Crippen LogP) is 2.06. The Bertz CT molecular complexity index is 2110. The predicted molar refractivity (Wildman–Crippen MR) is 167 cm³/mol. The van der Waals surface area contributed by atoms with Gasteiger partial charge in [-0.05, 0) is 24.6 Å². The number of nitrogens with one attached hydrogen (secondary N) is 1. The third kappa shape index (κ3) is 4.91. The van der Waals surface area contributed by atoms with Crippen LogP contribution in [0.2, 0.25) is 0 Å². The van der Waals surface area contributed by atoms with E-state index in [1.807, 2.05) is 30.3 Å². The molecule has 4 aromatic rings. The molecule has 8 rings (SSSR count). The van der Waals surface area contributed by atoms with Gasteiger partial charge in [0.25, 0.3) is 5.56 Å². The van der Waals surface area contributed by atoms with Gasteiger partial charge in [-0.25, -0.2) is 24.3 Å². The number of hydrogen-bond donors (Lipinski definition) is 4. The second kappa shape index (κ2) is 11.4. The lowest BCUT2D eigenvalue weighted by molar-refractivity contribution is -0.171. The Balaban J connectivity index is 1.06. The number of hydrogen-bond acceptors (Lipinski definition) is 13. The largest absolute Gasteiger partial charge is 0.473 e. The lowest BCUT2D eigenvalue weighted by atomic mass is 9.86. The summed E-state index contributed by atoms with van der Waals surface area (Å²) in [5, 5.41) is 24.8. The van der Waals surface area contributed by atoms with Crippen LogP contribution in [-0.4, -0.2) is 71.9 Å². The summed E-state index contributed by atoms with van der Waals surface area (Å²) < 4.78 is 38.9. The van der Waals surface area contributed by atoms with Gasteiger partial charge in [-0.2, -0.15) is 0 Å². The normalized spacial score (nSPS) is 27.0. The highest BCUT2D eigenvalue weighted by Gasteiger charge is 2.53. The van der Waals surface area contributed by atoms with Crippen LogP contribution in [0.5, 0.6) is 0 Å². The number of phosphoric acid groups is 1. The molecule has 0 saturated carbocycles. The van der Waals surface area contributed by atoms with E-state index in [0.29, 0.717) is 22.9 Å². The van der Waals surface area contributed by atoms with Crippen molar-refractivity contribution in [3.05, 3.63) is 75.5 Å². The summed E-state index contributed by atoms with van der Waals surface area (Å²) in [5.74, 6) is -0.602. The minimum atomic E-state index is -5.06. The number of imidazole rings is 1. The molecule has 250 valence electrons. The fourth-order valence-corrected chi connectivity index (χ4v) is 7.89. The molecule has 1 unspecified atom stereocenters. The summed E-state index contributed by atoms with van der Waals surface area (Å²) in [5.41, 5.74) is 0.549. The van der Waals surface area contributed by atoms with E-state index in [4.69, 9.17) is 23.5 Å². The summed E-state index contributed by atoms with van der Waals surface area (Å²) in [6.45, 7) is 1.15. The second-order valence-electron chi connectivity index (χ2n) is 12.1. The average molecular weight is 679 g/mol. The molecule has 0 radical (unpaired) electrons. The SMILES string of the molecule is CC[C@@]1(OP(=O)(O)OC[C@H]2O[C@@H](n3cnc4c3N=CNC[C@H]4O)C[C@@H]2O)C(=O)OCc2c1cc1n(c2=O)Cc2cc3ccccc3nc2-1. The maximum absolute atomic E-state index is 13.8. The molecular weight excluding hydrogens is 647 g/mol. The molecule has 4 N–H and O–H groups in total. The molecule has 0 amide bonds. The van der Waals surface area contributed by atoms with Gasteiger partial charge in [-0.1, -0.05) is 25.1 Å². The van der Waals surface area contributed by atoms with Crippen LogP contribution in [0.15, 0.2) is 52.5 Å². The van der Waals surface area contributed by atoms with E-state index < -0.39 is 56.1 Å². The highest BCUT2D eigenvalue weighted by molar-refractivity contribution is 7.47. The van der Waals surface area contributed by atoms with E-state index in [0.717, 1.165) is 16.5 Å². The number of cyclic esters (lactones) is 1. The molecular formula is C31H31N6O10P. The number of nitrogens with zero attached hydrogens (tertiary/aromatic N) is 5. The number of β-amino-alcohol motifs (C(OH)–C–C–N with tert-alkyl or cyclic N) is 1. The summed E-state index contributed by atoms with van der Waals surface area (Å²) in [6.07, 6.45) is -1.08. The van der Waals surface area contributed by atoms with Crippen molar-refractivity contribution >= 4 is 36.9 Å². The Labute approximate surface area is 272 Å². The van der Waals surface area contributed by atoms with E-state index in [9.17, 15) is 29.3 Å². The third-order valence-electron chi connectivity index (χ3n) is 9.27. The van der Waals surface area contributed by atoms with Crippen molar-refractivity contribution in [2.24, 2.45) is 4.99 Å². The minimum absolute atomic E-state index is 0.0743. The number of ether oxygens (including phenoxy) is 2. The number of phosphoric ester groups is 1. The van der Waals surface area contributed by atoms with Gasteiger partial charge in [0.2, 0.25) is 5.60 Å². The van der Waals surface area contributed by atoms with Crippen LogP contribution in [0.3, 0.4) is 0 Å². The summed E-state index contributed by atoms with van der Waals surface area (Å²) >= 11 is 0. The minimum Gasteiger partial charge on any atom is -0.458 e. The highest BCUT2D eigenvalue weighted by Crippen LogP contribution is 2.54. The van der Waals surface area contributed by atoms with Crippen molar-refractivity contribution in [3.63, 3.8) is 0 Å². The number of para-hydroxylation sites is 1. The first-order valence-electron chi connectivity index (χ1n) is 15.4. The lowest BCUT2D eigenvalue weighted by Crippen LogP contribution is -2.46. The molecule has 48 heavy (non-hydrogen) atoms. The lowest BCUT2D eigenvalue weighted by Gasteiger charge is -2.36. The summed E-state index contributed by atoms with van der Waals surface area (Å²) in [7, 11) is -5.06. The van der Waals surface area contributed by atoms with Gasteiger partial charge in [0.05, 0.1) is 54.4 Å². The third-order valence-corrected chi connectivity index (χ3v) is 10.3. The van der Waals surface area contributed by atoms with Crippen LogP contribution in [0.4, 0.5) is 5.82 Å². The topological polar surface area (TPSA) is 209 Å². The van der Waals surface area contributed by atoms with Crippen molar-refractivity contribution in [1.29, 1.82) is 0 Å². The zero-order valence-electron chi connectivity index (χ0n) is 25.6. The van der Waals surface area contributed by atoms with Gasteiger partial charge >= 0.3 is 13.8 Å². The molecule has 3 aromatic heterocycles. The first kappa shape index (κ1) is 31.0. The monoisotopic (exact) mass is 678 g/mol. The number of carbonyl (C=O) groups is 1. The smallest absolute Gasteiger partial charge is 0.458 e. The number of aliphatic hydroxyl groups excluding tert-OH is 2. The Morgan fingerprint density at radius 1 is 1.21 bits per heavy atom. The van der Waals surface area contributed by atoms with Gasteiger partial charge in [-0.15, -0.1) is 0 Å². The van der Waals surface area contributed by atoms with Crippen LogP contribution in [-0.2, 0) is 46.6 Å². The Hall–Kier alpha value is -4.28. The number of benzene rings is 1. The van der Waals surface area contributed by atoms with Gasteiger partial charge < -0.3 is 34.5 Å². The molecule has 1 fully saturated rings. The zero-order chi connectivity index (χ0) is 33.4. The maximum atomic E-state index is 13.8. The molecule has 0 aliphatic carbocycles. The number of aliphatic imine (C=N–C) groups is 1. The molecule has 16 nitrogen and oxygen atoms in total. The van der Waals surface area contributed by atoms with Gasteiger partial charge in [0.15, 0.2) is 5.82 Å². The van der Waals surface area contributed by atoms with Crippen molar-refractivity contribution < 1.29 is 43.0 Å². The Morgan fingerprint density at radius 2 is 2.04 bits per heavy atom. The van der Waals surface area contributed by atoms with Crippen LogP contribution in [0, 0.1) is 0 Å². The number of rotatable bonds is 7. The van der Waals surface area contributed by atoms with Crippen molar-refractivity contribution in [2.75, 3.05) is 13.2 Å². The molecule has 4 aliphatic rings. The summed E-state index contributed by atoms with van der Waals surface area (Å²) in [4.78, 5) is 51.4. The van der Waals surface area contributed by atoms with E-state index in [1.54, 1.807) is 22.1 Å². The van der Waals surface area contributed by atoms with Crippen LogP contribution in [0.25, 0.3) is 22.3 Å². The van der Waals surface area contributed by atoms with Crippen LogP contribution < -0.4 is 10.9 Å². The van der Waals surface area contributed by atoms with Gasteiger partial charge in [0, 0.05) is 29.5 Å². The molecule has 1 aromatic carbocycles. The second-order valence-corrected chi connectivity index (χ2v) is 13.5. The first-order valence-corrected chi connectivity index (χ1v) is 16.9. The standard InChI is InChI=1S/C31H31N6O10P/c1-2-31(47-48(42,43)45-13-24-22(38)9-25(46-24)37-15-34-27-23(39)10-32-14-33-28(27)37)19-8-21-26-17(7-16-5-3-4-6-20(16)35-26)11-36(21)29(40)18(19)12-44-30(31)41/h3-8,14-15,22-25,38-39H,2,9-13H2,1H3,(H,32,33)(H,42,43)/t22-,23+,24+,25+,31-/m0/s1.